The van der Waals surface area contributed by atoms with Crippen LogP contribution in [0.2, 0.25) is 0 Å². The molecular formula is C22H30ClN7O4. The number of hydrogen-bond acceptors (Lipinski definition) is 7. The van der Waals surface area contributed by atoms with Gasteiger partial charge in [0.1, 0.15) is 29.1 Å². The summed E-state index contributed by atoms with van der Waals surface area (Å²) in [6.45, 7) is 7.44. The number of alkyl halides is 1. The van der Waals surface area contributed by atoms with E-state index in [1.165, 1.54) is 0 Å². The van der Waals surface area contributed by atoms with Crippen molar-refractivity contribution in [3.63, 3.8) is 0 Å². The standard InChI is InChI=1S/C22H30ClN7O4/c1-4-29-19-15(26-22(29)27-21(33)16-9-13(3)28-30(16)5-2)10-14(20(24)32)11-17(19)34-8-6-7-25-18(31)12-23/h9-11,20,32H,4-8,12,24H2,1-3H3,(H,25,31)(H,26,27,33). The first kappa shape index (κ1) is 25.5. The fourth-order valence-corrected chi connectivity index (χ4v) is 3.69. The quantitative estimate of drug-likeness (QED) is 0.182. The highest BCUT2D eigenvalue weighted by Crippen LogP contribution is 2.32. The number of halogens is 1. The summed E-state index contributed by atoms with van der Waals surface area (Å²) in [5.74, 6) is 0.128. The molecule has 0 aliphatic heterocycles. The number of aryl methyl sites for hydroxylation is 3. The normalized spacial score (nSPS) is 12.1. The number of imidazole rings is 1. The van der Waals surface area contributed by atoms with E-state index < -0.39 is 6.23 Å². The van der Waals surface area contributed by atoms with Crippen LogP contribution in [0.3, 0.4) is 0 Å². The maximum absolute atomic E-state index is 13.0. The number of nitrogens with one attached hydrogen (secondary N) is 2. The van der Waals surface area contributed by atoms with Crippen molar-refractivity contribution in [2.24, 2.45) is 5.73 Å². The molecule has 0 saturated carbocycles. The molecule has 5 N–H and O–H groups in total. The number of nitrogens with zero attached hydrogens (tertiary/aromatic N) is 4. The number of anilines is 1. The van der Waals surface area contributed by atoms with Crippen LogP contribution in [-0.2, 0) is 17.9 Å². The Labute approximate surface area is 202 Å². The van der Waals surface area contributed by atoms with E-state index in [0.29, 0.717) is 66.7 Å². The zero-order valence-corrected chi connectivity index (χ0v) is 20.2. The molecule has 0 bridgehead atoms. The van der Waals surface area contributed by atoms with Crippen molar-refractivity contribution in [1.82, 2.24) is 24.6 Å². The third-order valence-electron chi connectivity index (χ3n) is 5.17. The summed E-state index contributed by atoms with van der Waals surface area (Å²) in [5, 5.41) is 19.8. The van der Waals surface area contributed by atoms with Crippen molar-refractivity contribution in [2.75, 3.05) is 24.3 Å². The first-order valence-corrected chi connectivity index (χ1v) is 11.6. The number of ether oxygens (including phenoxy) is 1. The van der Waals surface area contributed by atoms with Gasteiger partial charge >= 0.3 is 0 Å². The van der Waals surface area contributed by atoms with Crippen LogP contribution in [0.4, 0.5) is 5.95 Å². The molecule has 11 nitrogen and oxygen atoms in total. The van der Waals surface area contributed by atoms with E-state index in [2.05, 4.69) is 20.7 Å². The molecule has 0 spiro atoms. The number of aliphatic hydroxyl groups is 1. The van der Waals surface area contributed by atoms with Crippen LogP contribution in [0.1, 0.15) is 48.2 Å². The van der Waals surface area contributed by atoms with E-state index in [-0.39, 0.29) is 17.7 Å². The molecule has 184 valence electrons. The van der Waals surface area contributed by atoms with Crippen LogP contribution in [0.25, 0.3) is 11.0 Å². The lowest BCUT2D eigenvalue weighted by molar-refractivity contribution is -0.118. The Morgan fingerprint density at radius 1 is 1.26 bits per heavy atom. The monoisotopic (exact) mass is 491 g/mol. The number of carbonyl (C=O) groups is 2. The van der Waals surface area contributed by atoms with Gasteiger partial charge in [0.15, 0.2) is 0 Å². The highest BCUT2D eigenvalue weighted by molar-refractivity contribution is 6.27. The van der Waals surface area contributed by atoms with Crippen molar-refractivity contribution in [2.45, 2.75) is 46.5 Å². The zero-order valence-electron chi connectivity index (χ0n) is 19.5. The molecule has 0 radical (unpaired) electrons. The number of benzene rings is 1. The smallest absolute Gasteiger partial charge is 0.276 e. The Kier molecular flexibility index (Phi) is 8.48. The minimum atomic E-state index is -1.22. The van der Waals surface area contributed by atoms with E-state index in [1.807, 2.05) is 25.3 Å². The Hall–Kier alpha value is -3.15. The molecular weight excluding hydrogens is 462 g/mol. The SMILES string of the molecule is CCn1nc(C)cc1C(=O)Nc1nc2cc(C(N)O)cc(OCCCNC(=O)CCl)c2n1CC. The van der Waals surface area contributed by atoms with E-state index in [1.54, 1.807) is 22.9 Å². The molecule has 1 atom stereocenters. The van der Waals surface area contributed by atoms with Crippen LogP contribution in [0.15, 0.2) is 18.2 Å². The Morgan fingerprint density at radius 3 is 2.68 bits per heavy atom. The summed E-state index contributed by atoms with van der Waals surface area (Å²) in [4.78, 5) is 28.8. The molecule has 34 heavy (non-hydrogen) atoms. The van der Waals surface area contributed by atoms with Crippen LogP contribution in [-0.4, -0.2) is 55.3 Å². The average Bonchev–Trinajstić information content (AvgIpc) is 3.37. The van der Waals surface area contributed by atoms with Gasteiger partial charge in [0.05, 0.1) is 17.8 Å². The van der Waals surface area contributed by atoms with Crippen LogP contribution < -0.4 is 21.1 Å². The molecule has 0 aliphatic rings. The minimum absolute atomic E-state index is 0.0965. The Bertz CT molecular complexity index is 1170. The average molecular weight is 492 g/mol. The van der Waals surface area contributed by atoms with Gasteiger partial charge in [-0.1, -0.05) is 0 Å². The van der Waals surface area contributed by atoms with Gasteiger partial charge in [-0.25, -0.2) is 4.98 Å². The second-order valence-electron chi connectivity index (χ2n) is 7.64. The number of nitrogens with two attached hydrogens (primary N) is 1. The van der Waals surface area contributed by atoms with Crippen molar-refractivity contribution < 1.29 is 19.4 Å². The highest BCUT2D eigenvalue weighted by atomic mass is 35.5. The summed E-state index contributed by atoms with van der Waals surface area (Å²) in [7, 11) is 0. The molecule has 1 aromatic carbocycles. The molecule has 2 amide bonds. The largest absolute Gasteiger partial charge is 0.491 e. The third kappa shape index (κ3) is 5.66. The van der Waals surface area contributed by atoms with Gasteiger partial charge in [-0.3, -0.25) is 19.6 Å². The van der Waals surface area contributed by atoms with Gasteiger partial charge < -0.3 is 25.5 Å². The number of hydrogen-bond donors (Lipinski definition) is 4. The Balaban J connectivity index is 1.91. The van der Waals surface area contributed by atoms with Crippen LogP contribution in [0, 0.1) is 6.92 Å². The summed E-state index contributed by atoms with van der Waals surface area (Å²) in [6.07, 6.45) is -0.675. The molecule has 1 unspecified atom stereocenters. The molecule has 0 fully saturated rings. The maximum atomic E-state index is 13.0. The van der Waals surface area contributed by atoms with Gasteiger partial charge in [-0.05, 0) is 45.4 Å². The number of fused-ring (bicyclic) bond motifs is 1. The van der Waals surface area contributed by atoms with Crippen molar-refractivity contribution in [3.05, 3.63) is 35.2 Å². The number of aliphatic hydroxyl groups excluding tert-OH is 1. The molecule has 12 heteroatoms. The van der Waals surface area contributed by atoms with E-state index in [0.717, 1.165) is 5.69 Å². The number of carbonyl (C=O) groups excluding carboxylic acids is 2. The molecule has 2 heterocycles. The van der Waals surface area contributed by atoms with Gasteiger partial charge in [-0.15, -0.1) is 11.6 Å². The number of amides is 2. The fourth-order valence-electron chi connectivity index (χ4n) is 3.60. The maximum Gasteiger partial charge on any atom is 0.276 e. The summed E-state index contributed by atoms with van der Waals surface area (Å²) in [5.41, 5.74) is 8.48. The minimum Gasteiger partial charge on any atom is -0.491 e. The fraction of sp³-hybridized carbons (Fsp3) is 0.455. The van der Waals surface area contributed by atoms with Crippen LogP contribution in [0.5, 0.6) is 5.75 Å². The summed E-state index contributed by atoms with van der Waals surface area (Å²) >= 11 is 5.48. The molecule has 2 aromatic heterocycles. The predicted octanol–water partition coefficient (Wildman–Crippen LogP) is 1.91. The Morgan fingerprint density at radius 2 is 2.03 bits per heavy atom. The van der Waals surface area contributed by atoms with E-state index in [4.69, 9.17) is 22.1 Å². The lowest BCUT2D eigenvalue weighted by Crippen LogP contribution is -2.26. The first-order valence-electron chi connectivity index (χ1n) is 11.1. The second-order valence-corrected chi connectivity index (χ2v) is 7.90. The van der Waals surface area contributed by atoms with Crippen molar-refractivity contribution >= 4 is 40.4 Å². The van der Waals surface area contributed by atoms with Gasteiger partial charge in [0, 0.05) is 25.2 Å². The molecule has 3 rings (SSSR count). The van der Waals surface area contributed by atoms with Gasteiger partial charge in [-0.2, -0.15) is 5.10 Å². The van der Waals surface area contributed by atoms with E-state index in [9.17, 15) is 14.7 Å². The number of rotatable bonds is 11. The number of aromatic nitrogens is 4. The summed E-state index contributed by atoms with van der Waals surface area (Å²) < 4.78 is 9.42. The topological polar surface area (TPSA) is 149 Å². The second kappa shape index (κ2) is 11.3. The molecule has 0 saturated heterocycles. The van der Waals surface area contributed by atoms with Gasteiger partial charge in [0.2, 0.25) is 11.9 Å². The lowest BCUT2D eigenvalue weighted by Gasteiger charge is -2.14. The van der Waals surface area contributed by atoms with Crippen LogP contribution >= 0.6 is 11.6 Å². The van der Waals surface area contributed by atoms with E-state index >= 15 is 0 Å². The highest BCUT2D eigenvalue weighted by Gasteiger charge is 2.21. The predicted molar refractivity (Wildman–Crippen MR) is 129 cm³/mol. The van der Waals surface area contributed by atoms with Crippen molar-refractivity contribution in [1.29, 1.82) is 0 Å². The van der Waals surface area contributed by atoms with Crippen molar-refractivity contribution in [3.8, 4) is 5.75 Å². The lowest BCUT2D eigenvalue weighted by atomic mass is 10.1. The first-order chi connectivity index (χ1) is 16.3. The zero-order chi connectivity index (χ0) is 24.8. The van der Waals surface area contributed by atoms with Gasteiger partial charge in [0.25, 0.3) is 5.91 Å². The summed E-state index contributed by atoms with van der Waals surface area (Å²) in [6, 6.07) is 5.04. The third-order valence-corrected chi connectivity index (χ3v) is 5.41. The molecule has 0 aliphatic carbocycles. The molecule has 3 aromatic rings.